The summed E-state index contributed by atoms with van der Waals surface area (Å²) in [6.45, 7) is 1.19. The summed E-state index contributed by atoms with van der Waals surface area (Å²) >= 11 is 0. The lowest BCUT2D eigenvalue weighted by Gasteiger charge is -2.10. The summed E-state index contributed by atoms with van der Waals surface area (Å²) in [4.78, 5) is 22.8. The van der Waals surface area contributed by atoms with Crippen LogP contribution in [0.25, 0.3) is 0 Å². The van der Waals surface area contributed by atoms with Gasteiger partial charge in [-0.2, -0.15) is 5.10 Å². The summed E-state index contributed by atoms with van der Waals surface area (Å²) in [6, 6.07) is 2.58. The van der Waals surface area contributed by atoms with Gasteiger partial charge in [0.1, 0.15) is 5.69 Å². The summed E-state index contributed by atoms with van der Waals surface area (Å²) in [5, 5.41) is 6.53. The highest BCUT2D eigenvalue weighted by Crippen LogP contribution is 2.11. The van der Waals surface area contributed by atoms with E-state index in [0.29, 0.717) is 6.54 Å². The number of amides is 2. The number of nitrogens with two attached hydrogens (primary N) is 1. The second-order valence-corrected chi connectivity index (χ2v) is 4.16. The van der Waals surface area contributed by atoms with Gasteiger partial charge in [0.2, 0.25) is 0 Å². The van der Waals surface area contributed by atoms with Crippen molar-refractivity contribution in [2.45, 2.75) is 18.9 Å². The van der Waals surface area contributed by atoms with E-state index >= 15 is 0 Å². The quantitative estimate of drug-likeness (QED) is 0.733. The standard InChI is InChI=1S/C11H15N4O3/c1-15-9(5-8(14-15)10(12)16)11(17)13-6-7-3-2-4-18-7/h7H,2-4,6H2,1H3,(H2,12,16)(H,13,17)/t7-/m1/s1. The Morgan fingerprint density at radius 2 is 2.44 bits per heavy atom. The first kappa shape index (κ1) is 12.6. The van der Waals surface area contributed by atoms with Gasteiger partial charge in [-0.05, 0) is 12.8 Å². The second-order valence-electron chi connectivity index (χ2n) is 4.16. The summed E-state index contributed by atoms with van der Waals surface area (Å²) in [5.41, 5.74) is 5.21. The third-order valence-corrected chi connectivity index (χ3v) is 2.77. The topological polar surface area (TPSA) is 99.2 Å². The van der Waals surface area contributed by atoms with E-state index in [9.17, 15) is 9.59 Å². The fraction of sp³-hybridized carbons (Fsp3) is 0.545. The van der Waals surface area contributed by atoms with Crippen LogP contribution in [0.1, 0.15) is 33.8 Å². The highest BCUT2D eigenvalue weighted by molar-refractivity contribution is 5.96. The van der Waals surface area contributed by atoms with Crippen LogP contribution in [0.5, 0.6) is 0 Å². The van der Waals surface area contributed by atoms with Gasteiger partial charge in [-0.15, -0.1) is 0 Å². The molecule has 1 atom stereocenters. The van der Waals surface area contributed by atoms with Crippen molar-refractivity contribution in [1.29, 1.82) is 0 Å². The first-order valence-electron chi connectivity index (χ1n) is 5.74. The molecule has 0 spiro atoms. The molecule has 0 saturated carbocycles. The van der Waals surface area contributed by atoms with Crippen LogP contribution in [0.15, 0.2) is 0 Å². The molecule has 0 aliphatic carbocycles. The molecule has 97 valence electrons. The van der Waals surface area contributed by atoms with Crippen molar-refractivity contribution in [2.75, 3.05) is 13.2 Å². The molecule has 1 fully saturated rings. The smallest absolute Gasteiger partial charge is 0.270 e. The van der Waals surface area contributed by atoms with Crippen molar-refractivity contribution in [3.63, 3.8) is 0 Å². The molecule has 0 bridgehead atoms. The zero-order valence-corrected chi connectivity index (χ0v) is 10.1. The van der Waals surface area contributed by atoms with Crippen LogP contribution in [0.3, 0.4) is 0 Å². The molecule has 7 heteroatoms. The van der Waals surface area contributed by atoms with Gasteiger partial charge in [-0.1, -0.05) is 0 Å². The molecule has 7 nitrogen and oxygen atoms in total. The molecule has 0 aromatic carbocycles. The van der Waals surface area contributed by atoms with Gasteiger partial charge in [0, 0.05) is 20.2 Å². The lowest BCUT2D eigenvalue weighted by atomic mass is 10.2. The number of carbonyl (C=O) groups is 2. The maximum absolute atomic E-state index is 11.8. The largest absolute Gasteiger partial charge is 0.376 e. The van der Waals surface area contributed by atoms with Gasteiger partial charge >= 0.3 is 0 Å². The minimum absolute atomic E-state index is 0.0419. The van der Waals surface area contributed by atoms with E-state index < -0.39 is 5.91 Å². The van der Waals surface area contributed by atoms with Gasteiger partial charge in [-0.3, -0.25) is 14.3 Å². The van der Waals surface area contributed by atoms with Gasteiger partial charge in [0.05, 0.1) is 12.2 Å². The number of hydrogen-bond donors (Lipinski definition) is 2. The third kappa shape index (κ3) is 2.67. The fourth-order valence-electron chi connectivity index (χ4n) is 1.83. The van der Waals surface area contributed by atoms with E-state index in [0.717, 1.165) is 19.4 Å². The zero-order chi connectivity index (χ0) is 13.1. The molecule has 2 amide bonds. The van der Waals surface area contributed by atoms with E-state index in [1.165, 1.54) is 4.68 Å². The molecule has 2 heterocycles. The van der Waals surface area contributed by atoms with Crippen molar-refractivity contribution < 1.29 is 14.3 Å². The number of primary amides is 1. The molecule has 1 saturated heterocycles. The zero-order valence-electron chi connectivity index (χ0n) is 10.1. The molecule has 0 unspecified atom stereocenters. The highest BCUT2D eigenvalue weighted by atomic mass is 16.5. The molecule has 1 aromatic rings. The van der Waals surface area contributed by atoms with Crippen LogP contribution in [-0.2, 0) is 11.8 Å². The molecule has 3 N–H and O–H groups in total. The van der Waals surface area contributed by atoms with Gasteiger partial charge in [0.15, 0.2) is 5.69 Å². The highest BCUT2D eigenvalue weighted by Gasteiger charge is 2.19. The number of carbonyl (C=O) groups excluding carboxylic acids is 2. The Kier molecular flexibility index (Phi) is 3.61. The number of hydrogen-bond acceptors (Lipinski definition) is 4. The molecule has 1 aromatic heterocycles. The first-order chi connectivity index (χ1) is 8.58. The Bertz CT molecular complexity index is 463. The molecule has 1 radical (unpaired) electrons. The van der Waals surface area contributed by atoms with Gasteiger partial charge in [-0.25, -0.2) is 0 Å². The second kappa shape index (κ2) is 5.18. The van der Waals surface area contributed by atoms with E-state index in [1.54, 1.807) is 7.05 Å². The van der Waals surface area contributed by atoms with E-state index in [2.05, 4.69) is 16.5 Å². The van der Waals surface area contributed by atoms with E-state index in [-0.39, 0.29) is 23.4 Å². The van der Waals surface area contributed by atoms with Crippen molar-refractivity contribution in [3.8, 4) is 0 Å². The lowest BCUT2D eigenvalue weighted by molar-refractivity contribution is 0.0849. The number of aryl methyl sites for hydroxylation is 1. The number of aromatic nitrogens is 2. The summed E-state index contributed by atoms with van der Waals surface area (Å²) in [7, 11) is 1.56. The van der Waals surface area contributed by atoms with Crippen molar-refractivity contribution in [2.24, 2.45) is 12.8 Å². The third-order valence-electron chi connectivity index (χ3n) is 2.77. The van der Waals surface area contributed by atoms with Crippen LogP contribution >= 0.6 is 0 Å². The SMILES string of the molecule is Cn1nc(C(N)=O)[c]c1C(=O)NC[C@H]1CCCO1. The Morgan fingerprint density at radius 1 is 1.67 bits per heavy atom. The number of nitrogens with zero attached hydrogens (tertiary/aromatic N) is 2. The summed E-state index contributed by atoms with van der Waals surface area (Å²) < 4.78 is 6.67. The molecule has 1 aliphatic rings. The predicted molar refractivity (Wildman–Crippen MR) is 61.9 cm³/mol. The first-order valence-corrected chi connectivity index (χ1v) is 5.74. The normalized spacial score (nSPS) is 18.8. The Balaban J connectivity index is 1.97. The summed E-state index contributed by atoms with van der Waals surface area (Å²) in [5.74, 6) is -1.04. The molecule has 2 rings (SSSR count). The maximum atomic E-state index is 11.8. The van der Waals surface area contributed by atoms with Crippen LogP contribution in [0, 0.1) is 6.07 Å². The van der Waals surface area contributed by atoms with Gasteiger partial charge < -0.3 is 15.8 Å². The van der Waals surface area contributed by atoms with Crippen LogP contribution < -0.4 is 11.1 Å². The summed E-state index contributed by atoms with van der Waals surface area (Å²) in [6.07, 6.45) is 2.03. The number of nitrogens with one attached hydrogen (secondary N) is 1. The predicted octanol–water partition coefficient (Wildman–Crippen LogP) is -0.772. The number of ether oxygens (including phenoxy) is 1. The Labute approximate surface area is 104 Å². The minimum Gasteiger partial charge on any atom is -0.376 e. The molecular formula is C11H15N4O3. The van der Waals surface area contributed by atoms with Crippen molar-refractivity contribution in [1.82, 2.24) is 15.1 Å². The Hall–Kier alpha value is -1.89. The van der Waals surface area contributed by atoms with E-state index in [4.69, 9.17) is 10.5 Å². The minimum atomic E-state index is -0.705. The Morgan fingerprint density at radius 3 is 3.00 bits per heavy atom. The molecule has 1 aliphatic heterocycles. The monoisotopic (exact) mass is 251 g/mol. The molecular weight excluding hydrogens is 236 g/mol. The van der Waals surface area contributed by atoms with Crippen molar-refractivity contribution in [3.05, 3.63) is 17.5 Å². The average molecular weight is 251 g/mol. The molecule has 18 heavy (non-hydrogen) atoms. The fourth-order valence-corrected chi connectivity index (χ4v) is 1.83. The average Bonchev–Trinajstić information content (AvgIpc) is 2.94. The number of rotatable bonds is 4. The van der Waals surface area contributed by atoms with Crippen LogP contribution in [0.4, 0.5) is 0 Å². The van der Waals surface area contributed by atoms with E-state index in [1.807, 2.05) is 0 Å². The van der Waals surface area contributed by atoms with Crippen LogP contribution in [0.2, 0.25) is 0 Å². The lowest BCUT2D eigenvalue weighted by Crippen LogP contribution is -2.32. The van der Waals surface area contributed by atoms with Crippen molar-refractivity contribution >= 4 is 11.8 Å². The van der Waals surface area contributed by atoms with Gasteiger partial charge in [0.25, 0.3) is 11.8 Å². The maximum Gasteiger partial charge on any atom is 0.270 e. The van der Waals surface area contributed by atoms with Crippen LogP contribution in [-0.4, -0.2) is 40.9 Å².